The first kappa shape index (κ1) is 25.3. The molecule has 2 aliphatic heterocycles. The molecule has 0 amide bonds. The van der Waals surface area contributed by atoms with E-state index in [4.69, 9.17) is 4.74 Å². The molecule has 10 heteroatoms. The first-order chi connectivity index (χ1) is 18.7. The SMILES string of the molecule is O=C1CC[C@@]2(c3ccccc3)OC1c1c(NS(=O)(=O)c3ccccc3)ccc(NS(=O)(=O)c3ccccc3)c12. The van der Waals surface area contributed by atoms with Gasteiger partial charge in [-0.25, -0.2) is 16.8 Å². The monoisotopic (exact) mass is 560 g/mol. The number of Topliss-reactive ketones (excluding diaryl/α,β-unsaturated/α-hetero) is 1. The topological polar surface area (TPSA) is 119 Å². The van der Waals surface area contributed by atoms with Crippen molar-refractivity contribution in [3.05, 3.63) is 120 Å². The molecule has 6 rings (SSSR count). The second kappa shape index (κ2) is 9.33. The van der Waals surface area contributed by atoms with Crippen molar-refractivity contribution in [1.82, 2.24) is 0 Å². The van der Waals surface area contributed by atoms with E-state index in [1.54, 1.807) is 36.4 Å². The predicted molar refractivity (Wildman–Crippen MR) is 146 cm³/mol. The minimum Gasteiger partial charge on any atom is -0.350 e. The number of anilines is 2. The summed E-state index contributed by atoms with van der Waals surface area (Å²) in [5.74, 6) is -0.205. The third kappa shape index (κ3) is 4.30. The van der Waals surface area contributed by atoms with Gasteiger partial charge in [-0.15, -0.1) is 0 Å². The molecule has 4 aromatic carbocycles. The molecule has 2 aliphatic rings. The molecule has 198 valence electrons. The van der Waals surface area contributed by atoms with E-state index in [-0.39, 0.29) is 39.8 Å². The fraction of sp³-hybridized carbons (Fsp3) is 0.138. The van der Waals surface area contributed by atoms with Gasteiger partial charge < -0.3 is 4.74 Å². The van der Waals surface area contributed by atoms with Crippen LogP contribution in [0.15, 0.2) is 113 Å². The van der Waals surface area contributed by atoms with Gasteiger partial charge in [0, 0.05) is 17.5 Å². The number of ketones is 1. The van der Waals surface area contributed by atoms with Crippen molar-refractivity contribution in [1.29, 1.82) is 0 Å². The van der Waals surface area contributed by atoms with Crippen molar-refractivity contribution in [3.63, 3.8) is 0 Å². The number of hydrogen-bond donors (Lipinski definition) is 2. The zero-order valence-electron chi connectivity index (χ0n) is 20.6. The Morgan fingerprint density at radius 1 is 0.667 bits per heavy atom. The van der Waals surface area contributed by atoms with Gasteiger partial charge in [0.15, 0.2) is 5.78 Å². The van der Waals surface area contributed by atoms with Crippen LogP contribution in [0, 0.1) is 0 Å². The van der Waals surface area contributed by atoms with Crippen molar-refractivity contribution in [2.45, 2.75) is 34.3 Å². The Balaban J connectivity index is 1.56. The van der Waals surface area contributed by atoms with E-state index in [1.165, 1.54) is 36.4 Å². The fourth-order valence-electron chi connectivity index (χ4n) is 5.33. The lowest BCUT2D eigenvalue weighted by Crippen LogP contribution is -2.34. The number of rotatable bonds is 7. The molecule has 4 aromatic rings. The minimum atomic E-state index is -4.01. The zero-order chi connectivity index (χ0) is 27.3. The van der Waals surface area contributed by atoms with Crippen LogP contribution in [0.1, 0.15) is 35.6 Å². The summed E-state index contributed by atoms with van der Waals surface area (Å²) < 4.78 is 65.0. The summed E-state index contributed by atoms with van der Waals surface area (Å²) in [4.78, 5) is 13.3. The highest BCUT2D eigenvalue weighted by atomic mass is 32.2. The summed E-state index contributed by atoms with van der Waals surface area (Å²) in [6, 6.07) is 28.1. The van der Waals surface area contributed by atoms with Gasteiger partial charge in [-0.3, -0.25) is 14.2 Å². The third-order valence-electron chi connectivity index (χ3n) is 7.08. The predicted octanol–water partition coefficient (Wildman–Crippen LogP) is 4.97. The van der Waals surface area contributed by atoms with Crippen molar-refractivity contribution in [2.24, 2.45) is 0 Å². The zero-order valence-corrected chi connectivity index (χ0v) is 22.2. The molecule has 2 bridgehead atoms. The van der Waals surface area contributed by atoms with Gasteiger partial charge in [-0.2, -0.15) is 0 Å². The second-order valence-corrected chi connectivity index (χ2v) is 12.8. The number of sulfonamides is 2. The lowest BCUT2D eigenvalue weighted by atomic mass is 9.81. The Morgan fingerprint density at radius 3 is 1.72 bits per heavy atom. The van der Waals surface area contributed by atoms with E-state index in [0.29, 0.717) is 11.1 Å². The standard InChI is InChI=1S/C29H24N2O6S2/c32-25-18-19-29(20-10-4-1-5-11-20)27-24(31-39(35,36)22-14-8-3-9-15-22)17-16-23(26(27)28(25)37-29)30-38(33,34)21-12-6-2-7-13-21/h1-17,28,30-31H,18-19H2/t28?,29-/m0/s1. The Hall–Kier alpha value is -3.99. The lowest BCUT2D eigenvalue weighted by molar-refractivity contribution is -0.149. The van der Waals surface area contributed by atoms with Crippen LogP contribution < -0.4 is 9.44 Å². The van der Waals surface area contributed by atoms with Crippen LogP contribution in [0.3, 0.4) is 0 Å². The minimum absolute atomic E-state index is 0.0543. The number of carbonyl (C=O) groups is 1. The largest absolute Gasteiger partial charge is 0.350 e. The number of fused-ring (bicyclic) bond motifs is 5. The van der Waals surface area contributed by atoms with Gasteiger partial charge in [0.2, 0.25) is 0 Å². The molecule has 0 spiro atoms. The average Bonchev–Trinajstić information content (AvgIpc) is 3.26. The molecule has 2 atom stereocenters. The molecule has 2 heterocycles. The summed E-state index contributed by atoms with van der Waals surface area (Å²) in [6.45, 7) is 0. The number of ether oxygens (including phenoxy) is 1. The summed E-state index contributed by atoms with van der Waals surface area (Å²) >= 11 is 0. The molecule has 8 nitrogen and oxygen atoms in total. The van der Waals surface area contributed by atoms with E-state index in [0.717, 1.165) is 5.56 Å². The van der Waals surface area contributed by atoms with Crippen molar-refractivity contribution in [2.75, 3.05) is 9.44 Å². The molecule has 0 saturated carbocycles. The van der Waals surface area contributed by atoms with Crippen LogP contribution in [0.4, 0.5) is 11.4 Å². The van der Waals surface area contributed by atoms with E-state index in [9.17, 15) is 21.6 Å². The third-order valence-corrected chi connectivity index (χ3v) is 9.85. The van der Waals surface area contributed by atoms with Crippen LogP contribution in [0.2, 0.25) is 0 Å². The Labute approximate surface area is 226 Å². The van der Waals surface area contributed by atoms with E-state index >= 15 is 0 Å². The molecule has 2 N–H and O–H groups in total. The molecule has 39 heavy (non-hydrogen) atoms. The lowest BCUT2D eigenvalue weighted by Gasteiger charge is -2.35. The summed E-state index contributed by atoms with van der Waals surface area (Å²) in [7, 11) is -8.02. The van der Waals surface area contributed by atoms with E-state index in [1.807, 2.05) is 30.3 Å². The molecular weight excluding hydrogens is 536 g/mol. The Kier molecular flexibility index (Phi) is 6.05. The van der Waals surface area contributed by atoms with Gasteiger partial charge in [-0.1, -0.05) is 66.7 Å². The van der Waals surface area contributed by atoms with Gasteiger partial charge in [-0.05, 0) is 48.4 Å². The van der Waals surface area contributed by atoms with Gasteiger partial charge in [0.05, 0.1) is 21.2 Å². The second-order valence-electron chi connectivity index (χ2n) is 9.44. The van der Waals surface area contributed by atoms with Gasteiger partial charge >= 0.3 is 0 Å². The van der Waals surface area contributed by atoms with Crippen LogP contribution in [-0.2, 0) is 35.2 Å². The highest BCUT2D eigenvalue weighted by Crippen LogP contribution is 2.58. The first-order valence-electron chi connectivity index (χ1n) is 12.3. The van der Waals surface area contributed by atoms with Crippen LogP contribution in [0.25, 0.3) is 0 Å². The summed E-state index contributed by atoms with van der Waals surface area (Å²) in [5, 5.41) is 0. The van der Waals surface area contributed by atoms with Crippen LogP contribution >= 0.6 is 0 Å². The Morgan fingerprint density at radius 2 is 1.15 bits per heavy atom. The van der Waals surface area contributed by atoms with Crippen LogP contribution in [0.5, 0.6) is 0 Å². The maximum Gasteiger partial charge on any atom is 0.261 e. The molecule has 1 saturated heterocycles. The van der Waals surface area contributed by atoms with Crippen molar-refractivity contribution in [3.8, 4) is 0 Å². The normalized spacial score (nSPS) is 20.3. The van der Waals surface area contributed by atoms with Gasteiger partial charge in [0.1, 0.15) is 11.7 Å². The van der Waals surface area contributed by atoms with E-state index in [2.05, 4.69) is 9.44 Å². The number of carbonyl (C=O) groups excluding carboxylic acids is 1. The quantitative estimate of drug-likeness (QED) is 0.330. The molecule has 0 aliphatic carbocycles. The number of benzene rings is 4. The highest BCUT2D eigenvalue weighted by Gasteiger charge is 2.55. The van der Waals surface area contributed by atoms with Crippen LogP contribution in [-0.4, -0.2) is 22.6 Å². The van der Waals surface area contributed by atoms with Crippen molar-refractivity contribution >= 4 is 37.2 Å². The smallest absolute Gasteiger partial charge is 0.261 e. The first-order valence-corrected chi connectivity index (χ1v) is 15.3. The maximum atomic E-state index is 13.4. The van der Waals surface area contributed by atoms with Crippen molar-refractivity contribution < 1.29 is 26.4 Å². The Bertz CT molecular complexity index is 1780. The molecule has 0 aromatic heterocycles. The molecule has 1 fully saturated rings. The summed E-state index contributed by atoms with van der Waals surface area (Å²) in [6.07, 6.45) is -0.609. The van der Waals surface area contributed by atoms with E-state index < -0.39 is 31.8 Å². The fourth-order valence-corrected chi connectivity index (χ4v) is 7.53. The highest BCUT2D eigenvalue weighted by molar-refractivity contribution is 7.93. The molecular formula is C29H24N2O6S2. The maximum absolute atomic E-state index is 13.4. The summed E-state index contributed by atoms with van der Waals surface area (Å²) in [5.41, 5.74) is 0.709. The molecule has 1 unspecified atom stereocenters. The molecule has 0 radical (unpaired) electrons. The number of hydrogen-bond acceptors (Lipinski definition) is 6. The average molecular weight is 561 g/mol. The van der Waals surface area contributed by atoms with Gasteiger partial charge in [0.25, 0.3) is 20.0 Å². The number of nitrogens with one attached hydrogen (secondary N) is 2.